The number of anilines is 2. The standard InChI is InChI=1S/C21H28N7O17P3.C21H27N7O14P2/c22-17-12-19(25-7-24-17)28(8-26-12)21-16(44-46(33,34)35)14(30)11(43-21)6-41-48(38,39)45-47(36,37)40-5-10-13(29)15(31)20(42-10)27-3-1-2-9(4-27)18(23)32;22-17-12-19(25-7-24-17)28(8-26-12)21-16(32)14(30)11(41-21)6-39-44(36,37)42-43(34,35)38-5-10-13(29)15(31)20(40-10)27-3-1-2-9(4-27)18(23)33/h1-4,7-8,10-11,13-16,20-21,29-31H,5-6H2,(H7-,22,23,24,25,32,33,34,35,36,37,38,39);1-4,7-8,10-11,13-16,20-21,29-32H,5-6H2,(H5-,22,23,24,25,33,34,35,36,37)/p-4/t2*10-,11-,13?,14?,15+,16+,20-,21-/m11/s1. The van der Waals surface area contributed by atoms with E-state index in [1.165, 1.54) is 69.1 Å². The summed E-state index contributed by atoms with van der Waals surface area (Å²) in [5, 5.41) is 72.9. The molecule has 0 saturated carbocycles. The third kappa shape index (κ3) is 16.3. The highest BCUT2D eigenvalue weighted by molar-refractivity contribution is 7.60. The fraction of sp³-hybridized carbons (Fsp3) is 0.476. The zero-order valence-electron chi connectivity index (χ0n) is 45.9. The summed E-state index contributed by atoms with van der Waals surface area (Å²) in [7, 11) is -28.8. The van der Waals surface area contributed by atoms with E-state index in [1.54, 1.807) is 0 Å². The van der Waals surface area contributed by atoms with Crippen molar-refractivity contribution >= 4 is 84.9 Å². The van der Waals surface area contributed by atoms with Crippen LogP contribution in [-0.4, -0.2) is 186 Å². The summed E-state index contributed by atoms with van der Waals surface area (Å²) in [5.74, 6) is -1.65. The summed E-state index contributed by atoms with van der Waals surface area (Å²) in [6.07, 6.45) is -16.5. The van der Waals surface area contributed by atoms with Gasteiger partial charge < -0.3 is 134 Å². The summed E-state index contributed by atoms with van der Waals surface area (Å²) >= 11 is 0. The van der Waals surface area contributed by atoms with E-state index in [0.717, 1.165) is 23.5 Å². The number of phosphoric acid groups is 5. The van der Waals surface area contributed by atoms with Crippen molar-refractivity contribution in [3.63, 3.8) is 0 Å². The van der Waals surface area contributed by atoms with Gasteiger partial charge in [-0.3, -0.25) is 37.0 Å². The van der Waals surface area contributed by atoms with Crippen molar-refractivity contribution in [3.05, 3.63) is 85.5 Å². The molecule has 10 rings (SSSR count). The Bertz CT molecular complexity index is 3930. The number of pyridine rings is 2. The predicted molar refractivity (Wildman–Crippen MR) is 276 cm³/mol. The lowest BCUT2D eigenvalue weighted by atomic mass is 10.1. The molecule has 0 spiro atoms. The van der Waals surface area contributed by atoms with Gasteiger partial charge in [0.15, 0.2) is 72.4 Å². The van der Waals surface area contributed by atoms with Crippen LogP contribution in [-0.2, 0) is 73.0 Å². The molecule has 4 saturated heterocycles. The van der Waals surface area contributed by atoms with Gasteiger partial charge in [0.05, 0.1) is 46.9 Å². The molecule has 20 atom stereocenters. The van der Waals surface area contributed by atoms with E-state index in [2.05, 4.69) is 61.1 Å². The SMILES string of the molecule is NC(=O)c1ccc[n+]([C@@H]2O[C@H](COP(=O)([O-])OP(=O)([O-])OC[C@H]3O[C@@H](n4cnc5c(N)ncnc54)[C@@H](O)C3O)C(O)[C@@H]2O)c1.NC(=O)c1ccc[n+]([C@@H]2O[C@H](COP(=O)([O-])OP(=O)([O-])OC[C@H]3O[C@@H](n4cnc5c(N)ncnc54)[C@@H](OP(=O)([O-])[O-])C3O)C(O)[C@@H]2O)c1. The molecule has 0 aromatic carbocycles. The van der Waals surface area contributed by atoms with Crippen molar-refractivity contribution in [2.75, 3.05) is 37.9 Å². The number of aliphatic hydroxyl groups excluding tert-OH is 7. The van der Waals surface area contributed by atoms with Crippen LogP contribution >= 0.6 is 39.1 Å². The number of phosphoric ester groups is 5. The van der Waals surface area contributed by atoms with Gasteiger partial charge in [-0.25, -0.2) is 38.5 Å². The van der Waals surface area contributed by atoms with Gasteiger partial charge in [-0.2, -0.15) is 9.13 Å². The van der Waals surface area contributed by atoms with Crippen molar-refractivity contribution in [2.45, 2.75) is 98.2 Å². The number of fused-ring (bicyclic) bond motifs is 2. The van der Waals surface area contributed by atoms with Crippen molar-refractivity contribution in [1.29, 1.82) is 0 Å². The summed E-state index contributed by atoms with van der Waals surface area (Å²) in [6.45, 7) is -4.24. The number of imidazole rings is 2. The number of ether oxygens (including phenoxy) is 4. The molecule has 2 amide bonds. The lowest BCUT2D eigenvalue weighted by Gasteiger charge is -2.34. The molecule has 4 fully saturated rings. The Morgan fingerprint density at radius 2 is 0.870 bits per heavy atom. The second kappa shape index (κ2) is 27.8. The monoisotopic (exact) mass is 1400 g/mol. The average molecular weight is 1400 g/mol. The summed E-state index contributed by atoms with van der Waals surface area (Å²) in [4.78, 5) is 118. The number of carbonyl (C=O) groups excluding carboxylic acids is 2. The molecule has 4 aliphatic rings. The topological polar surface area (TPSA) is 700 Å². The van der Waals surface area contributed by atoms with E-state index in [9.17, 15) is 97.5 Å². The van der Waals surface area contributed by atoms with Crippen molar-refractivity contribution in [2.24, 2.45) is 11.5 Å². The van der Waals surface area contributed by atoms with Crippen LogP contribution in [0.3, 0.4) is 0 Å². The lowest BCUT2D eigenvalue weighted by molar-refractivity contribution is -0.766. The number of nitrogens with two attached hydrogens (primary N) is 4. The number of hydrogen-bond donors (Lipinski definition) is 11. The van der Waals surface area contributed by atoms with Gasteiger partial charge in [0.1, 0.15) is 95.9 Å². The van der Waals surface area contributed by atoms with Crippen LogP contribution < -0.4 is 61.4 Å². The Balaban J connectivity index is 0.000000218. The first-order valence-corrected chi connectivity index (χ1v) is 33.1. The number of primary amides is 2. The maximum atomic E-state index is 12.4. The van der Waals surface area contributed by atoms with Gasteiger partial charge in [0.25, 0.3) is 55.6 Å². The summed E-state index contributed by atoms with van der Waals surface area (Å²) < 4.78 is 118. The van der Waals surface area contributed by atoms with Gasteiger partial charge in [0, 0.05) is 12.1 Å². The molecule has 0 radical (unpaired) electrons. The molecule has 92 heavy (non-hydrogen) atoms. The molecule has 6 aromatic heterocycles. The van der Waals surface area contributed by atoms with Crippen LogP contribution in [0.1, 0.15) is 45.6 Å². The predicted octanol–water partition coefficient (Wildman–Crippen LogP) is -9.71. The third-order valence-electron chi connectivity index (χ3n) is 13.7. The molecule has 6 aromatic rings. The molecule has 4 aliphatic heterocycles. The molecule has 0 bridgehead atoms. The molecule has 50 heteroatoms. The first-order chi connectivity index (χ1) is 43.0. The fourth-order valence-corrected chi connectivity index (χ4v) is 13.9. The minimum atomic E-state index is -5.86. The van der Waals surface area contributed by atoms with E-state index in [0.29, 0.717) is 0 Å². The minimum absolute atomic E-state index is 0.0155. The Hall–Kier alpha value is -5.87. The fourth-order valence-electron chi connectivity index (χ4n) is 9.37. The van der Waals surface area contributed by atoms with E-state index < -0.39 is 176 Å². The number of hydrogen-bond acceptors (Lipinski definition) is 39. The second-order valence-electron chi connectivity index (χ2n) is 19.8. The first kappa shape index (κ1) is 70.4. The molecule has 45 nitrogen and oxygen atoms in total. The van der Waals surface area contributed by atoms with Gasteiger partial charge in [-0.05, 0) is 12.1 Å². The Labute approximate surface area is 512 Å². The van der Waals surface area contributed by atoms with Gasteiger partial charge in [-0.15, -0.1) is 0 Å². The average Bonchev–Trinajstić information content (AvgIpc) is 1.63. The van der Waals surface area contributed by atoms with E-state index in [4.69, 9.17) is 41.9 Å². The van der Waals surface area contributed by atoms with Crippen LogP contribution in [0.2, 0.25) is 0 Å². The molecule has 504 valence electrons. The number of aliphatic hydroxyl groups is 7. The molecule has 15 N–H and O–H groups in total. The van der Waals surface area contributed by atoms with E-state index >= 15 is 0 Å². The zero-order chi connectivity index (χ0) is 67.2. The Morgan fingerprint density at radius 1 is 0.511 bits per heavy atom. The minimum Gasteiger partial charge on any atom is -0.790 e. The lowest BCUT2D eigenvalue weighted by Crippen LogP contribution is -2.46. The summed E-state index contributed by atoms with van der Waals surface area (Å²) in [6, 6.07) is 5.55. The Kier molecular flexibility index (Phi) is 21.3. The van der Waals surface area contributed by atoms with E-state index in [-0.39, 0.29) is 45.1 Å². The van der Waals surface area contributed by atoms with Crippen LogP contribution in [0, 0.1) is 0 Å². The second-order valence-corrected chi connectivity index (χ2v) is 26.8. The van der Waals surface area contributed by atoms with Crippen LogP contribution in [0.15, 0.2) is 74.4 Å². The number of carbonyl (C=O) groups is 2. The number of amides is 2. The molecule has 10 heterocycles. The van der Waals surface area contributed by atoms with E-state index in [1.807, 2.05) is 0 Å². The van der Waals surface area contributed by atoms with Crippen LogP contribution in [0.5, 0.6) is 0 Å². The molecule has 8 unspecified atom stereocenters. The first-order valence-electron chi connectivity index (χ1n) is 25.8. The van der Waals surface area contributed by atoms with Crippen molar-refractivity contribution < 1.29 is 157 Å². The highest BCUT2D eigenvalue weighted by atomic mass is 31.3. The maximum Gasteiger partial charge on any atom is 0.292 e. The highest BCUT2D eigenvalue weighted by Gasteiger charge is 2.52. The third-order valence-corrected chi connectivity index (χ3v) is 19.2. The molecular weight excluding hydrogens is 1350 g/mol. The highest BCUT2D eigenvalue weighted by Crippen LogP contribution is 2.57. The summed E-state index contributed by atoms with van der Waals surface area (Å²) in [5.41, 5.74) is 22.3. The zero-order valence-corrected chi connectivity index (χ0v) is 50.4. The normalized spacial score (nSPS) is 30.9. The number of nitrogen functional groups attached to an aromatic ring is 2. The molecular formula is C42H51N14O31P5-4. The van der Waals surface area contributed by atoms with Gasteiger partial charge >= 0.3 is 0 Å². The van der Waals surface area contributed by atoms with Crippen molar-refractivity contribution in [3.8, 4) is 0 Å². The largest absolute Gasteiger partial charge is 0.790 e. The number of aromatic nitrogens is 10. The number of nitrogens with zero attached hydrogens (tertiary/aromatic N) is 10. The Morgan fingerprint density at radius 3 is 1.26 bits per heavy atom. The van der Waals surface area contributed by atoms with Crippen molar-refractivity contribution in [1.82, 2.24) is 39.0 Å². The van der Waals surface area contributed by atoms with Crippen LogP contribution in [0.25, 0.3) is 22.3 Å². The smallest absolute Gasteiger partial charge is 0.292 e. The quantitative estimate of drug-likeness (QED) is 0.0198. The van der Waals surface area contributed by atoms with Gasteiger partial charge in [-0.1, -0.05) is 0 Å². The van der Waals surface area contributed by atoms with Gasteiger partial charge in [0.2, 0.25) is 0 Å². The van der Waals surface area contributed by atoms with Crippen LogP contribution in [0.4, 0.5) is 11.6 Å². The maximum absolute atomic E-state index is 12.4. The molecule has 0 aliphatic carbocycles. The number of rotatable bonds is 24.